The van der Waals surface area contributed by atoms with Crippen LogP contribution in [0.2, 0.25) is 5.15 Å². The summed E-state index contributed by atoms with van der Waals surface area (Å²) < 4.78 is 42.7. The third kappa shape index (κ3) is 6.72. The zero-order valence-electron chi connectivity index (χ0n) is 11.4. The van der Waals surface area contributed by atoms with E-state index < -0.39 is 18.6 Å². The molecule has 0 radical (unpaired) electrons. The lowest BCUT2D eigenvalue weighted by Gasteiger charge is -2.23. The minimum Gasteiger partial charge on any atom is -0.382 e. The van der Waals surface area contributed by atoms with E-state index in [4.69, 9.17) is 16.3 Å². The number of halogens is 4. The van der Waals surface area contributed by atoms with Crippen molar-refractivity contribution in [2.24, 2.45) is 0 Å². The van der Waals surface area contributed by atoms with Crippen LogP contribution in [0, 0.1) is 0 Å². The van der Waals surface area contributed by atoms with Crippen LogP contribution in [0.3, 0.4) is 0 Å². The summed E-state index contributed by atoms with van der Waals surface area (Å²) in [5, 5.41) is 0.0604. The molecule has 0 fully saturated rings. The fraction of sp³-hybridized carbons (Fsp3) is 0.583. The Morgan fingerprint density at radius 2 is 2.10 bits per heavy atom. The molecule has 1 aromatic heterocycles. The molecule has 5 nitrogen and oxygen atoms in total. The molecule has 21 heavy (non-hydrogen) atoms. The van der Waals surface area contributed by atoms with Crippen molar-refractivity contribution in [3.8, 4) is 0 Å². The van der Waals surface area contributed by atoms with Crippen LogP contribution in [-0.4, -0.2) is 53.3 Å². The van der Waals surface area contributed by atoms with Crippen molar-refractivity contribution < 1.29 is 22.7 Å². The van der Waals surface area contributed by atoms with Gasteiger partial charge in [-0.25, -0.2) is 9.97 Å². The largest absolute Gasteiger partial charge is 0.406 e. The van der Waals surface area contributed by atoms with E-state index in [2.05, 4.69) is 9.97 Å². The summed E-state index contributed by atoms with van der Waals surface area (Å²) in [6.07, 6.45) is -2.02. The molecule has 118 valence electrons. The van der Waals surface area contributed by atoms with Crippen molar-refractivity contribution in [2.45, 2.75) is 19.5 Å². The zero-order chi connectivity index (χ0) is 15.9. The fourth-order valence-corrected chi connectivity index (χ4v) is 1.65. The van der Waals surface area contributed by atoms with Gasteiger partial charge in [-0.15, -0.1) is 0 Å². The Morgan fingerprint density at radius 1 is 1.38 bits per heavy atom. The van der Waals surface area contributed by atoms with E-state index >= 15 is 0 Å². The number of carbonyl (C=O) groups excluding carboxylic acids is 1. The Morgan fingerprint density at radius 3 is 2.62 bits per heavy atom. The fourth-order valence-electron chi connectivity index (χ4n) is 1.56. The van der Waals surface area contributed by atoms with Crippen LogP contribution in [0.25, 0.3) is 0 Å². The number of rotatable bonds is 7. The lowest BCUT2D eigenvalue weighted by atomic mass is 10.3. The molecule has 9 heteroatoms. The highest BCUT2D eigenvalue weighted by Gasteiger charge is 2.33. The number of ether oxygens (including phenoxy) is 1. The lowest BCUT2D eigenvalue weighted by molar-refractivity contribution is -0.141. The normalized spacial score (nSPS) is 11.5. The monoisotopic (exact) mass is 325 g/mol. The van der Waals surface area contributed by atoms with E-state index in [1.165, 1.54) is 0 Å². The lowest BCUT2D eigenvalue weighted by Crippen LogP contribution is -2.40. The summed E-state index contributed by atoms with van der Waals surface area (Å²) >= 11 is 5.53. The van der Waals surface area contributed by atoms with Crippen molar-refractivity contribution in [3.05, 3.63) is 23.2 Å². The van der Waals surface area contributed by atoms with Gasteiger partial charge in [-0.2, -0.15) is 13.2 Å². The average molecular weight is 326 g/mol. The van der Waals surface area contributed by atoms with Gasteiger partial charge in [0.2, 0.25) is 0 Å². The Hall–Kier alpha value is -1.41. The van der Waals surface area contributed by atoms with Gasteiger partial charge < -0.3 is 9.64 Å². The second-order valence-electron chi connectivity index (χ2n) is 4.12. The summed E-state index contributed by atoms with van der Waals surface area (Å²) in [7, 11) is 0. The van der Waals surface area contributed by atoms with Crippen LogP contribution in [0.15, 0.2) is 12.4 Å². The molecule has 1 heterocycles. The molecule has 0 aliphatic rings. The molecule has 0 aliphatic carbocycles. The van der Waals surface area contributed by atoms with E-state index in [1.54, 1.807) is 6.92 Å². The van der Waals surface area contributed by atoms with Crippen LogP contribution < -0.4 is 0 Å². The number of aromatic nitrogens is 2. The zero-order valence-corrected chi connectivity index (χ0v) is 12.1. The minimum atomic E-state index is -4.48. The summed E-state index contributed by atoms with van der Waals surface area (Å²) in [6.45, 7) is 1.10. The van der Waals surface area contributed by atoms with Gasteiger partial charge in [0.25, 0.3) is 5.91 Å². The Bertz CT molecular complexity index is 454. The SMILES string of the molecule is CCOCCCN(CC(F)(F)F)C(=O)c1cnc(Cl)cn1. The maximum atomic E-state index is 12.5. The number of carbonyl (C=O) groups is 1. The summed E-state index contributed by atoms with van der Waals surface area (Å²) in [5.41, 5.74) is -0.181. The number of alkyl halides is 3. The van der Waals surface area contributed by atoms with E-state index in [0.29, 0.717) is 17.9 Å². The summed E-state index contributed by atoms with van der Waals surface area (Å²) in [6, 6.07) is 0. The maximum Gasteiger partial charge on any atom is 0.406 e. The third-order valence-corrected chi connectivity index (χ3v) is 2.61. The first-order valence-electron chi connectivity index (χ1n) is 6.25. The molecular weight excluding hydrogens is 311 g/mol. The van der Waals surface area contributed by atoms with Gasteiger partial charge in [0.15, 0.2) is 0 Å². The van der Waals surface area contributed by atoms with Crippen molar-refractivity contribution in [3.63, 3.8) is 0 Å². The van der Waals surface area contributed by atoms with Gasteiger partial charge in [-0.1, -0.05) is 11.6 Å². The molecule has 0 saturated carbocycles. The highest BCUT2D eigenvalue weighted by atomic mass is 35.5. The van der Waals surface area contributed by atoms with Gasteiger partial charge in [0.05, 0.1) is 12.4 Å². The van der Waals surface area contributed by atoms with Crippen LogP contribution in [0.4, 0.5) is 13.2 Å². The van der Waals surface area contributed by atoms with Crippen LogP contribution in [0.1, 0.15) is 23.8 Å². The standard InChI is InChI=1S/C12H15ClF3N3O2/c1-2-21-5-3-4-19(8-12(14,15)16)11(20)9-6-18-10(13)7-17-9/h6-7H,2-5,8H2,1H3. The van der Waals surface area contributed by atoms with Gasteiger partial charge in [0.1, 0.15) is 17.4 Å². The number of hydrogen-bond acceptors (Lipinski definition) is 4. The van der Waals surface area contributed by atoms with E-state index in [9.17, 15) is 18.0 Å². The molecule has 0 spiro atoms. The number of amides is 1. The molecule has 0 bridgehead atoms. The van der Waals surface area contributed by atoms with Gasteiger partial charge in [-0.3, -0.25) is 4.79 Å². The maximum absolute atomic E-state index is 12.5. The average Bonchev–Trinajstić information content (AvgIpc) is 2.41. The summed E-state index contributed by atoms with van der Waals surface area (Å²) in [4.78, 5) is 20.0. The molecule has 0 atom stereocenters. The van der Waals surface area contributed by atoms with Gasteiger partial charge in [-0.05, 0) is 13.3 Å². The highest BCUT2D eigenvalue weighted by Crippen LogP contribution is 2.18. The quantitative estimate of drug-likeness (QED) is 0.723. The first-order chi connectivity index (χ1) is 9.83. The molecule has 0 unspecified atom stereocenters. The first-order valence-corrected chi connectivity index (χ1v) is 6.62. The molecular formula is C12H15ClF3N3O2. The first kappa shape index (κ1) is 17.6. The Balaban J connectivity index is 2.74. The van der Waals surface area contributed by atoms with Gasteiger partial charge >= 0.3 is 6.18 Å². The topological polar surface area (TPSA) is 55.3 Å². The van der Waals surface area contributed by atoms with Crippen molar-refractivity contribution in [2.75, 3.05) is 26.3 Å². The molecule has 0 aliphatic heterocycles. The van der Waals surface area contributed by atoms with Gasteiger partial charge in [0, 0.05) is 19.8 Å². The van der Waals surface area contributed by atoms with Crippen LogP contribution >= 0.6 is 11.6 Å². The third-order valence-electron chi connectivity index (χ3n) is 2.42. The van der Waals surface area contributed by atoms with E-state index in [0.717, 1.165) is 12.4 Å². The second kappa shape index (κ2) is 8.14. The second-order valence-corrected chi connectivity index (χ2v) is 4.50. The number of hydrogen-bond donors (Lipinski definition) is 0. The van der Waals surface area contributed by atoms with Crippen molar-refractivity contribution in [1.29, 1.82) is 0 Å². The number of nitrogens with zero attached hydrogens (tertiary/aromatic N) is 3. The summed E-state index contributed by atoms with van der Waals surface area (Å²) in [5.74, 6) is -0.840. The smallest absolute Gasteiger partial charge is 0.382 e. The van der Waals surface area contributed by atoms with Crippen LogP contribution in [-0.2, 0) is 4.74 Å². The predicted molar refractivity (Wildman–Crippen MR) is 70.1 cm³/mol. The molecule has 1 rings (SSSR count). The molecule has 1 aromatic rings. The molecule has 1 amide bonds. The molecule has 0 N–H and O–H groups in total. The van der Waals surface area contributed by atoms with Crippen molar-refractivity contribution >= 4 is 17.5 Å². The van der Waals surface area contributed by atoms with E-state index in [-0.39, 0.29) is 24.0 Å². The Labute approximate surface area is 125 Å². The Kier molecular flexibility index (Phi) is 6.83. The van der Waals surface area contributed by atoms with Crippen LogP contribution in [0.5, 0.6) is 0 Å². The molecule has 0 saturated heterocycles. The highest BCUT2D eigenvalue weighted by molar-refractivity contribution is 6.29. The van der Waals surface area contributed by atoms with E-state index in [1.807, 2.05) is 0 Å². The minimum absolute atomic E-state index is 0.0604. The predicted octanol–water partition coefficient (Wildman–Crippen LogP) is 2.56. The van der Waals surface area contributed by atoms with Crippen molar-refractivity contribution in [1.82, 2.24) is 14.9 Å². The molecule has 0 aromatic carbocycles.